The van der Waals surface area contributed by atoms with Crippen molar-refractivity contribution in [3.8, 4) is 11.8 Å². The lowest BCUT2D eigenvalue weighted by Crippen LogP contribution is -2.20. The summed E-state index contributed by atoms with van der Waals surface area (Å²) in [5.41, 5.74) is 7.17. The molecule has 7 heteroatoms. The highest BCUT2D eigenvalue weighted by atomic mass is 16.5. The van der Waals surface area contributed by atoms with Gasteiger partial charge in [0.2, 0.25) is 11.8 Å². The molecular formula is C13H11N6O. The number of aromatic amines is 1. The zero-order chi connectivity index (χ0) is 13.6. The smallest absolute Gasteiger partial charge is 0.228 e. The molecule has 7 nitrogen and oxygen atoms in total. The Bertz CT molecular complexity index is 765. The van der Waals surface area contributed by atoms with Crippen LogP contribution in [0.3, 0.4) is 0 Å². The van der Waals surface area contributed by atoms with Gasteiger partial charge in [-0.05, 0) is 25.0 Å². The summed E-state index contributed by atoms with van der Waals surface area (Å²) in [6, 6.07) is 6.25. The Balaban J connectivity index is 1.84. The lowest BCUT2D eigenvalue weighted by atomic mass is 10.1. The second kappa shape index (κ2) is 3.97. The molecule has 20 heavy (non-hydrogen) atoms. The molecule has 99 valence electrons. The van der Waals surface area contributed by atoms with Crippen LogP contribution < -0.4 is 10.5 Å². The van der Waals surface area contributed by atoms with E-state index in [1.165, 1.54) is 6.33 Å². The highest BCUT2D eigenvalue weighted by Gasteiger charge is 2.44. The van der Waals surface area contributed by atoms with Gasteiger partial charge in [-0.3, -0.25) is 0 Å². The van der Waals surface area contributed by atoms with E-state index >= 15 is 0 Å². The van der Waals surface area contributed by atoms with Crippen LogP contribution in [0.5, 0.6) is 11.8 Å². The molecule has 4 rings (SSSR count). The SMILES string of the molecule is NC1(c2ncnc3n[nH]c(Oc4c[c]ccn4)c23)CC1. The predicted molar refractivity (Wildman–Crippen MR) is 69.9 cm³/mol. The van der Waals surface area contributed by atoms with Crippen LogP contribution in [-0.4, -0.2) is 25.1 Å². The van der Waals surface area contributed by atoms with Crippen LogP contribution in [0.25, 0.3) is 11.0 Å². The number of H-pyrrole nitrogens is 1. The fourth-order valence-corrected chi connectivity index (χ4v) is 2.12. The molecule has 0 spiro atoms. The largest absolute Gasteiger partial charge is 0.420 e. The van der Waals surface area contributed by atoms with E-state index in [0.717, 1.165) is 23.9 Å². The van der Waals surface area contributed by atoms with Crippen molar-refractivity contribution in [2.24, 2.45) is 5.73 Å². The quantitative estimate of drug-likeness (QED) is 0.741. The van der Waals surface area contributed by atoms with Crippen LogP contribution in [0.15, 0.2) is 24.7 Å². The number of pyridine rings is 1. The van der Waals surface area contributed by atoms with Crippen molar-refractivity contribution in [3.63, 3.8) is 0 Å². The van der Waals surface area contributed by atoms with E-state index in [1.54, 1.807) is 18.3 Å². The van der Waals surface area contributed by atoms with Gasteiger partial charge in [-0.1, -0.05) is 0 Å². The van der Waals surface area contributed by atoms with Crippen molar-refractivity contribution >= 4 is 11.0 Å². The van der Waals surface area contributed by atoms with Gasteiger partial charge < -0.3 is 10.5 Å². The van der Waals surface area contributed by atoms with E-state index in [2.05, 4.69) is 31.2 Å². The zero-order valence-electron chi connectivity index (χ0n) is 10.5. The Labute approximate surface area is 114 Å². The lowest BCUT2D eigenvalue weighted by molar-refractivity contribution is 0.447. The van der Waals surface area contributed by atoms with Crippen LogP contribution in [0.1, 0.15) is 18.5 Å². The fraction of sp³-hybridized carbons (Fsp3) is 0.231. The summed E-state index contributed by atoms with van der Waals surface area (Å²) in [6.07, 6.45) is 4.89. The van der Waals surface area contributed by atoms with Crippen LogP contribution in [-0.2, 0) is 5.54 Å². The second-order valence-electron chi connectivity index (χ2n) is 4.83. The third-order valence-electron chi connectivity index (χ3n) is 3.36. The molecule has 1 radical (unpaired) electrons. The minimum Gasteiger partial charge on any atom is -0.420 e. The normalized spacial score (nSPS) is 16.2. The first-order chi connectivity index (χ1) is 9.76. The number of ether oxygens (including phenoxy) is 1. The summed E-state index contributed by atoms with van der Waals surface area (Å²) in [4.78, 5) is 12.5. The highest BCUT2D eigenvalue weighted by molar-refractivity contribution is 5.84. The Morgan fingerprint density at radius 2 is 2.20 bits per heavy atom. The van der Waals surface area contributed by atoms with Crippen LogP contribution in [0.4, 0.5) is 0 Å². The topological polar surface area (TPSA) is 103 Å². The molecule has 0 saturated heterocycles. The van der Waals surface area contributed by atoms with Crippen molar-refractivity contribution in [3.05, 3.63) is 36.4 Å². The summed E-state index contributed by atoms with van der Waals surface area (Å²) >= 11 is 0. The van der Waals surface area contributed by atoms with E-state index in [4.69, 9.17) is 10.5 Å². The van der Waals surface area contributed by atoms with Gasteiger partial charge in [-0.15, -0.1) is 0 Å². The summed E-state index contributed by atoms with van der Waals surface area (Å²) in [7, 11) is 0. The average Bonchev–Trinajstić information content (AvgIpc) is 3.10. The van der Waals surface area contributed by atoms with E-state index in [0.29, 0.717) is 17.4 Å². The molecule has 3 heterocycles. The first-order valence-corrected chi connectivity index (χ1v) is 6.25. The molecule has 0 aliphatic heterocycles. The molecule has 3 aromatic rings. The minimum atomic E-state index is -0.389. The maximum absolute atomic E-state index is 6.25. The van der Waals surface area contributed by atoms with Gasteiger partial charge in [0.25, 0.3) is 0 Å². The number of rotatable bonds is 3. The lowest BCUT2D eigenvalue weighted by Gasteiger charge is -2.09. The van der Waals surface area contributed by atoms with Gasteiger partial charge in [0.1, 0.15) is 11.7 Å². The molecule has 0 amide bonds. The third kappa shape index (κ3) is 1.71. The highest BCUT2D eigenvalue weighted by Crippen LogP contribution is 2.45. The fourth-order valence-electron chi connectivity index (χ4n) is 2.12. The van der Waals surface area contributed by atoms with E-state index in [9.17, 15) is 0 Å². The molecule has 1 aliphatic rings. The maximum Gasteiger partial charge on any atom is 0.228 e. The Morgan fingerprint density at radius 1 is 1.30 bits per heavy atom. The summed E-state index contributed by atoms with van der Waals surface area (Å²) in [6.45, 7) is 0. The molecule has 0 unspecified atom stereocenters. The molecular weight excluding hydrogens is 256 g/mol. The average molecular weight is 267 g/mol. The van der Waals surface area contributed by atoms with Gasteiger partial charge in [-0.2, -0.15) is 5.10 Å². The number of hydrogen-bond acceptors (Lipinski definition) is 6. The molecule has 0 aromatic carbocycles. The minimum absolute atomic E-state index is 0.389. The number of aromatic nitrogens is 5. The zero-order valence-corrected chi connectivity index (χ0v) is 10.5. The molecule has 0 bridgehead atoms. The van der Waals surface area contributed by atoms with Crippen LogP contribution in [0, 0.1) is 6.07 Å². The molecule has 3 aromatic heterocycles. The van der Waals surface area contributed by atoms with E-state index in [1.807, 2.05) is 0 Å². The number of nitrogens with one attached hydrogen (secondary N) is 1. The van der Waals surface area contributed by atoms with Gasteiger partial charge in [0, 0.05) is 12.3 Å². The monoisotopic (exact) mass is 267 g/mol. The number of nitrogens with two attached hydrogens (primary N) is 1. The first kappa shape index (κ1) is 11.3. The summed E-state index contributed by atoms with van der Waals surface area (Å²) < 4.78 is 5.70. The van der Waals surface area contributed by atoms with Crippen molar-refractivity contribution in [1.29, 1.82) is 0 Å². The van der Waals surface area contributed by atoms with E-state index < -0.39 is 0 Å². The second-order valence-corrected chi connectivity index (χ2v) is 4.83. The molecule has 1 saturated carbocycles. The first-order valence-electron chi connectivity index (χ1n) is 6.25. The Morgan fingerprint density at radius 3 is 2.95 bits per heavy atom. The number of nitrogens with zero attached hydrogens (tertiary/aromatic N) is 4. The van der Waals surface area contributed by atoms with E-state index in [-0.39, 0.29) is 5.54 Å². The standard InChI is InChI=1S/C13H11N6O/c14-13(4-5-13)10-9-11(17-7-16-10)18-19-12(9)20-8-3-1-2-6-15-8/h2-3,6-7H,4-5,14H2,(H,16,17,18,19). The summed E-state index contributed by atoms with van der Waals surface area (Å²) in [5, 5.41) is 7.66. The molecule has 1 aliphatic carbocycles. The molecule has 0 atom stereocenters. The van der Waals surface area contributed by atoms with Crippen LogP contribution >= 0.6 is 0 Å². The maximum atomic E-state index is 6.25. The number of fused-ring (bicyclic) bond motifs is 1. The summed E-state index contributed by atoms with van der Waals surface area (Å²) in [5.74, 6) is 0.883. The van der Waals surface area contributed by atoms with Crippen molar-refractivity contribution < 1.29 is 4.74 Å². The van der Waals surface area contributed by atoms with Gasteiger partial charge in [-0.25, -0.2) is 20.1 Å². The van der Waals surface area contributed by atoms with Gasteiger partial charge >= 0.3 is 0 Å². The molecule has 3 N–H and O–H groups in total. The predicted octanol–water partition coefficient (Wildman–Crippen LogP) is 1.29. The van der Waals surface area contributed by atoms with Crippen molar-refractivity contribution in [1.82, 2.24) is 25.1 Å². The number of hydrogen-bond donors (Lipinski definition) is 2. The Hall–Kier alpha value is -2.54. The Kier molecular flexibility index (Phi) is 2.25. The van der Waals surface area contributed by atoms with Crippen molar-refractivity contribution in [2.45, 2.75) is 18.4 Å². The third-order valence-corrected chi connectivity index (χ3v) is 3.36. The van der Waals surface area contributed by atoms with Gasteiger partial charge in [0.05, 0.1) is 11.2 Å². The molecule has 1 fully saturated rings. The van der Waals surface area contributed by atoms with Crippen molar-refractivity contribution in [2.75, 3.05) is 0 Å². The van der Waals surface area contributed by atoms with Gasteiger partial charge in [0.15, 0.2) is 5.65 Å². The van der Waals surface area contributed by atoms with Crippen LogP contribution in [0.2, 0.25) is 0 Å².